The maximum atomic E-state index is 6.07. The van der Waals surface area contributed by atoms with E-state index in [1.54, 1.807) is 7.11 Å². The molecule has 1 atom stereocenters. The second kappa shape index (κ2) is 7.62. The van der Waals surface area contributed by atoms with Crippen LogP contribution in [0.5, 0.6) is 5.75 Å². The quantitative estimate of drug-likeness (QED) is 0.776. The maximum Gasteiger partial charge on any atom is 0.121 e. The van der Waals surface area contributed by atoms with Crippen molar-refractivity contribution in [2.45, 2.75) is 26.3 Å². The second-order valence-corrected chi connectivity index (χ2v) is 5.18. The molecule has 0 amide bonds. The van der Waals surface area contributed by atoms with Crippen molar-refractivity contribution < 1.29 is 9.47 Å². The van der Waals surface area contributed by atoms with Gasteiger partial charge in [0.05, 0.1) is 6.61 Å². The Balaban J connectivity index is 2.68. The average Bonchev–Trinajstić information content (AvgIpc) is 2.28. The van der Waals surface area contributed by atoms with Crippen LogP contribution in [-0.2, 0) is 11.2 Å². The monoisotopic (exact) mass is 271 g/mol. The van der Waals surface area contributed by atoms with Gasteiger partial charge in [-0.25, -0.2) is 0 Å². The molecule has 0 bridgehead atoms. The van der Waals surface area contributed by atoms with E-state index >= 15 is 0 Å². The molecule has 18 heavy (non-hydrogen) atoms. The standard InChI is InChI=1S/C14H22ClNO2/c1-10(2)14(16)8-11-6-12(15)9-13(7-11)18-5-4-17-3/h6-7,9-10,14H,4-5,8,16H2,1-3H3/t14-/m0/s1. The van der Waals surface area contributed by atoms with Gasteiger partial charge < -0.3 is 15.2 Å². The average molecular weight is 272 g/mol. The molecule has 0 saturated carbocycles. The molecule has 0 fully saturated rings. The fraction of sp³-hybridized carbons (Fsp3) is 0.571. The van der Waals surface area contributed by atoms with Gasteiger partial charge in [0.1, 0.15) is 12.4 Å². The molecule has 0 heterocycles. The largest absolute Gasteiger partial charge is 0.491 e. The highest BCUT2D eigenvalue weighted by molar-refractivity contribution is 6.30. The third-order valence-electron chi connectivity index (χ3n) is 2.81. The molecular weight excluding hydrogens is 250 g/mol. The number of methoxy groups -OCH3 is 1. The van der Waals surface area contributed by atoms with Gasteiger partial charge in [-0.15, -0.1) is 0 Å². The van der Waals surface area contributed by atoms with Crippen LogP contribution in [0.1, 0.15) is 19.4 Å². The Bertz CT molecular complexity index is 369. The summed E-state index contributed by atoms with van der Waals surface area (Å²) >= 11 is 6.07. The first kappa shape index (κ1) is 15.3. The van der Waals surface area contributed by atoms with Crippen LogP contribution < -0.4 is 10.5 Å². The molecule has 0 aliphatic rings. The Morgan fingerprint density at radius 2 is 1.94 bits per heavy atom. The summed E-state index contributed by atoms with van der Waals surface area (Å²) in [5, 5.41) is 0.677. The third kappa shape index (κ3) is 5.25. The first-order valence-electron chi connectivity index (χ1n) is 6.19. The molecule has 0 aliphatic carbocycles. The van der Waals surface area contributed by atoms with Crippen molar-refractivity contribution in [3.05, 3.63) is 28.8 Å². The van der Waals surface area contributed by atoms with E-state index < -0.39 is 0 Å². The van der Waals surface area contributed by atoms with Gasteiger partial charge in [-0.05, 0) is 36.1 Å². The van der Waals surface area contributed by atoms with Crippen LogP contribution in [0.4, 0.5) is 0 Å². The summed E-state index contributed by atoms with van der Waals surface area (Å²) in [6.45, 7) is 5.32. The number of nitrogens with two attached hydrogens (primary N) is 1. The van der Waals surface area contributed by atoms with Crippen molar-refractivity contribution in [2.24, 2.45) is 11.7 Å². The van der Waals surface area contributed by atoms with Gasteiger partial charge in [-0.2, -0.15) is 0 Å². The van der Waals surface area contributed by atoms with Crippen LogP contribution in [0.2, 0.25) is 5.02 Å². The summed E-state index contributed by atoms with van der Waals surface area (Å²) in [6, 6.07) is 5.87. The molecular formula is C14H22ClNO2. The first-order chi connectivity index (χ1) is 8.52. The van der Waals surface area contributed by atoms with Gasteiger partial charge >= 0.3 is 0 Å². The molecule has 0 saturated heterocycles. The van der Waals surface area contributed by atoms with E-state index in [0.717, 1.165) is 17.7 Å². The van der Waals surface area contributed by atoms with Crippen LogP contribution in [0.15, 0.2) is 18.2 Å². The van der Waals surface area contributed by atoms with Crippen molar-refractivity contribution in [1.29, 1.82) is 0 Å². The van der Waals surface area contributed by atoms with E-state index in [9.17, 15) is 0 Å². The number of halogens is 1. The molecule has 0 aliphatic heterocycles. The van der Waals surface area contributed by atoms with Gasteiger partial charge in [-0.1, -0.05) is 25.4 Å². The fourth-order valence-corrected chi connectivity index (χ4v) is 1.82. The minimum atomic E-state index is 0.135. The Hall–Kier alpha value is -0.770. The first-order valence-corrected chi connectivity index (χ1v) is 6.57. The Kier molecular flexibility index (Phi) is 6.47. The van der Waals surface area contributed by atoms with Crippen LogP contribution in [0.3, 0.4) is 0 Å². The lowest BCUT2D eigenvalue weighted by Crippen LogP contribution is -2.28. The van der Waals surface area contributed by atoms with E-state index in [1.807, 2.05) is 18.2 Å². The second-order valence-electron chi connectivity index (χ2n) is 4.75. The van der Waals surface area contributed by atoms with E-state index in [2.05, 4.69) is 13.8 Å². The molecule has 102 valence electrons. The van der Waals surface area contributed by atoms with Crippen molar-refractivity contribution in [1.82, 2.24) is 0 Å². The minimum absolute atomic E-state index is 0.135. The van der Waals surface area contributed by atoms with Gasteiger partial charge in [0.15, 0.2) is 0 Å². The molecule has 2 N–H and O–H groups in total. The van der Waals surface area contributed by atoms with Gasteiger partial charge in [0.2, 0.25) is 0 Å². The Labute approximate surface area is 114 Å². The fourth-order valence-electron chi connectivity index (χ4n) is 1.57. The summed E-state index contributed by atoms with van der Waals surface area (Å²) in [7, 11) is 1.65. The highest BCUT2D eigenvalue weighted by Gasteiger charge is 2.10. The minimum Gasteiger partial charge on any atom is -0.491 e. The number of rotatable bonds is 7. The predicted octanol–water partition coefficient (Wildman–Crippen LogP) is 2.89. The van der Waals surface area contributed by atoms with E-state index in [0.29, 0.717) is 24.2 Å². The lowest BCUT2D eigenvalue weighted by molar-refractivity contribution is 0.146. The topological polar surface area (TPSA) is 44.5 Å². The van der Waals surface area contributed by atoms with Gasteiger partial charge in [-0.3, -0.25) is 0 Å². The van der Waals surface area contributed by atoms with Crippen molar-refractivity contribution in [3.63, 3.8) is 0 Å². The zero-order valence-corrected chi connectivity index (χ0v) is 12.0. The number of hydrogen-bond acceptors (Lipinski definition) is 3. The molecule has 4 heteroatoms. The maximum absolute atomic E-state index is 6.07. The number of benzene rings is 1. The summed E-state index contributed by atoms with van der Waals surface area (Å²) in [4.78, 5) is 0. The summed E-state index contributed by atoms with van der Waals surface area (Å²) in [5.74, 6) is 1.22. The highest BCUT2D eigenvalue weighted by Crippen LogP contribution is 2.22. The number of hydrogen-bond donors (Lipinski definition) is 1. The molecule has 0 unspecified atom stereocenters. The van der Waals surface area contributed by atoms with Crippen LogP contribution in [-0.4, -0.2) is 26.4 Å². The Morgan fingerprint density at radius 1 is 1.22 bits per heavy atom. The molecule has 1 aromatic carbocycles. The highest BCUT2D eigenvalue weighted by atomic mass is 35.5. The zero-order valence-electron chi connectivity index (χ0n) is 11.3. The lowest BCUT2D eigenvalue weighted by Gasteiger charge is -2.16. The van der Waals surface area contributed by atoms with Crippen molar-refractivity contribution in [2.75, 3.05) is 20.3 Å². The van der Waals surface area contributed by atoms with E-state index in [1.165, 1.54) is 0 Å². The third-order valence-corrected chi connectivity index (χ3v) is 3.03. The summed E-state index contributed by atoms with van der Waals surface area (Å²) in [6.07, 6.45) is 0.804. The smallest absolute Gasteiger partial charge is 0.121 e. The van der Waals surface area contributed by atoms with E-state index in [4.69, 9.17) is 26.8 Å². The molecule has 0 radical (unpaired) electrons. The van der Waals surface area contributed by atoms with Crippen LogP contribution in [0.25, 0.3) is 0 Å². The zero-order chi connectivity index (χ0) is 13.5. The Morgan fingerprint density at radius 3 is 2.56 bits per heavy atom. The number of ether oxygens (including phenoxy) is 2. The molecule has 3 nitrogen and oxygen atoms in total. The SMILES string of the molecule is COCCOc1cc(Cl)cc(C[C@H](N)C(C)C)c1. The van der Waals surface area contributed by atoms with Gasteiger partial charge in [0, 0.05) is 18.2 Å². The van der Waals surface area contributed by atoms with Crippen molar-refractivity contribution >= 4 is 11.6 Å². The van der Waals surface area contributed by atoms with E-state index in [-0.39, 0.29) is 6.04 Å². The molecule has 1 rings (SSSR count). The lowest BCUT2D eigenvalue weighted by atomic mass is 9.97. The normalized spacial score (nSPS) is 12.8. The predicted molar refractivity (Wildman–Crippen MR) is 75.3 cm³/mol. The van der Waals surface area contributed by atoms with Crippen LogP contribution in [0, 0.1) is 5.92 Å². The summed E-state index contributed by atoms with van der Waals surface area (Å²) in [5.41, 5.74) is 7.17. The molecule has 1 aromatic rings. The molecule has 0 aromatic heterocycles. The van der Waals surface area contributed by atoms with Crippen LogP contribution >= 0.6 is 11.6 Å². The van der Waals surface area contributed by atoms with Gasteiger partial charge in [0.25, 0.3) is 0 Å². The summed E-state index contributed by atoms with van der Waals surface area (Å²) < 4.78 is 10.5. The van der Waals surface area contributed by atoms with Crippen molar-refractivity contribution in [3.8, 4) is 5.75 Å². The molecule has 0 spiro atoms.